The maximum absolute atomic E-state index is 6.53. The molecule has 1 fully saturated rings. The third-order valence-electron chi connectivity index (χ3n) is 4.59. The summed E-state index contributed by atoms with van der Waals surface area (Å²) in [4.78, 5) is 0. The summed E-state index contributed by atoms with van der Waals surface area (Å²) in [5.74, 6) is 0.613. The minimum absolute atomic E-state index is 0.0270. The molecule has 120 valence electrons. The van der Waals surface area contributed by atoms with Crippen LogP contribution in [0.4, 0.5) is 0 Å². The SMILES string of the molecule is CCOC(C(N)Cc1c(Br)c(C)nn1C)C1CCCCC1. The lowest BCUT2D eigenvalue weighted by Gasteiger charge is -2.34. The van der Waals surface area contributed by atoms with E-state index in [9.17, 15) is 0 Å². The molecule has 0 saturated heterocycles. The smallest absolute Gasteiger partial charge is 0.0757 e. The van der Waals surface area contributed by atoms with Gasteiger partial charge in [-0.3, -0.25) is 4.68 Å². The standard InChI is InChI=1S/C16H28BrN3O/c1-4-21-16(12-8-6-5-7-9-12)13(18)10-14-15(17)11(2)19-20(14)3/h12-13,16H,4-10,18H2,1-3H3. The van der Waals surface area contributed by atoms with E-state index in [0.29, 0.717) is 5.92 Å². The molecule has 0 radical (unpaired) electrons. The number of hydrogen-bond donors (Lipinski definition) is 1. The number of ether oxygens (including phenoxy) is 1. The van der Waals surface area contributed by atoms with Crippen molar-refractivity contribution in [3.8, 4) is 0 Å². The maximum atomic E-state index is 6.53. The third kappa shape index (κ3) is 4.08. The lowest BCUT2D eigenvalue weighted by Crippen LogP contribution is -2.44. The van der Waals surface area contributed by atoms with Crippen LogP contribution in [0.25, 0.3) is 0 Å². The fourth-order valence-corrected chi connectivity index (χ4v) is 4.00. The van der Waals surface area contributed by atoms with Crippen molar-refractivity contribution in [3.63, 3.8) is 0 Å². The van der Waals surface area contributed by atoms with Gasteiger partial charge in [-0.2, -0.15) is 5.10 Å². The van der Waals surface area contributed by atoms with Gasteiger partial charge in [-0.25, -0.2) is 0 Å². The van der Waals surface area contributed by atoms with Crippen LogP contribution in [-0.4, -0.2) is 28.5 Å². The van der Waals surface area contributed by atoms with Gasteiger partial charge in [0.05, 0.1) is 22.0 Å². The molecule has 21 heavy (non-hydrogen) atoms. The molecule has 1 aliphatic carbocycles. The lowest BCUT2D eigenvalue weighted by molar-refractivity contribution is -0.00946. The first-order valence-electron chi connectivity index (χ1n) is 8.09. The highest BCUT2D eigenvalue weighted by atomic mass is 79.9. The van der Waals surface area contributed by atoms with Crippen molar-refractivity contribution in [2.24, 2.45) is 18.7 Å². The van der Waals surface area contributed by atoms with Crippen molar-refractivity contribution >= 4 is 15.9 Å². The van der Waals surface area contributed by atoms with Gasteiger partial charge in [-0.05, 0) is 48.5 Å². The minimum Gasteiger partial charge on any atom is -0.377 e. The molecule has 0 bridgehead atoms. The van der Waals surface area contributed by atoms with E-state index in [0.717, 1.165) is 23.2 Å². The molecule has 1 aromatic heterocycles. The van der Waals surface area contributed by atoms with E-state index in [1.165, 1.54) is 37.8 Å². The topological polar surface area (TPSA) is 53.1 Å². The Balaban J connectivity index is 2.08. The van der Waals surface area contributed by atoms with Crippen LogP contribution in [-0.2, 0) is 18.2 Å². The summed E-state index contributed by atoms with van der Waals surface area (Å²) in [5.41, 5.74) is 8.71. The zero-order valence-corrected chi connectivity index (χ0v) is 15.0. The molecular weight excluding hydrogens is 330 g/mol. The number of nitrogens with zero attached hydrogens (tertiary/aromatic N) is 2. The Morgan fingerprint density at radius 2 is 2.05 bits per heavy atom. The number of halogens is 1. The molecule has 0 spiro atoms. The second-order valence-corrected chi connectivity index (χ2v) is 6.95. The average Bonchev–Trinajstić information content (AvgIpc) is 2.72. The highest BCUT2D eigenvalue weighted by Gasteiger charge is 2.30. The quantitative estimate of drug-likeness (QED) is 0.849. The first kappa shape index (κ1) is 17.0. The van der Waals surface area contributed by atoms with Gasteiger partial charge in [-0.15, -0.1) is 0 Å². The molecule has 0 aromatic carbocycles. The summed E-state index contributed by atoms with van der Waals surface area (Å²) < 4.78 is 9.05. The van der Waals surface area contributed by atoms with Crippen LogP contribution in [0.15, 0.2) is 4.47 Å². The highest BCUT2D eigenvalue weighted by Crippen LogP contribution is 2.31. The van der Waals surface area contributed by atoms with E-state index in [4.69, 9.17) is 10.5 Å². The van der Waals surface area contributed by atoms with Crippen LogP contribution in [0.5, 0.6) is 0 Å². The number of aromatic nitrogens is 2. The van der Waals surface area contributed by atoms with E-state index >= 15 is 0 Å². The largest absolute Gasteiger partial charge is 0.377 e. The molecule has 1 heterocycles. The third-order valence-corrected chi connectivity index (χ3v) is 5.62. The Hall–Kier alpha value is -0.390. The predicted octanol–water partition coefficient (Wildman–Crippen LogP) is 3.35. The summed E-state index contributed by atoms with van der Waals surface area (Å²) in [6.45, 7) is 4.81. The van der Waals surface area contributed by atoms with Crippen molar-refractivity contribution in [2.45, 2.75) is 64.5 Å². The minimum atomic E-state index is 0.0270. The maximum Gasteiger partial charge on any atom is 0.0757 e. The normalized spacial score (nSPS) is 19.7. The van der Waals surface area contributed by atoms with Crippen LogP contribution in [0.3, 0.4) is 0 Å². The summed E-state index contributed by atoms with van der Waals surface area (Å²) in [6, 6.07) is 0.0270. The Bertz CT molecular complexity index is 455. The molecule has 2 rings (SSSR count). The van der Waals surface area contributed by atoms with Crippen molar-refractivity contribution in [1.29, 1.82) is 0 Å². The van der Waals surface area contributed by atoms with Gasteiger partial charge in [0.25, 0.3) is 0 Å². The number of rotatable bonds is 6. The van der Waals surface area contributed by atoms with Crippen LogP contribution in [0.2, 0.25) is 0 Å². The highest BCUT2D eigenvalue weighted by molar-refractivity contribution is 9.10. The first-order valence-corrected chi connectivity index (χ1v) is 8.89. The average molecular weight is 358 g/mol. The molecule has 2 atom stereocenters. The molecule has 1 aliphatic rings. The van der Waals surface area contributed by atoms with Crippen LogP contribution < -0.4 is 5.73 Å². The van der Waals surface area contributed by atoms with Crippen LogP contribution in [0, 0.1) is 12.8 Å². The zero-order valence-electron chi connectivity index (χ0n) is 13.4. The van der Waals surface area contributed by atoms with E-state index in [-0.39, 0.29) is 12.1 Å². The van der Waals surface area contributed by atoms with E-state index in [2.05, 4.69) is 28.0 Å². The fraction of sp³-hybridized carbons (Fsp3) is 0.812. The number of hydrogen-bond acceptors (Lipinski definition) is 3. The van der Waals surface area contributed by atoms with Crippen LogP contribution >= 0.6 is 15.9 Å². The summed E-state index contributed by atoms with van der Waals surface area (Å²) >= 11 is 3.63. The van der Waals surface area contributed by atoms with Crippen molar-refractivity contribution in [3.05, 3.63) is 15.9 Å². The van der Waals surface area contributed by atoms with E-state index < -0.39 is 0 Å². The Labute approximate surface area is 136 Å². The zero-order chi connectivity index (χ0) is 15.4. The predicted molar refractivity (Wildman–Crippen MR) is 89.3 cm³/mol. The van der Waals surface area contributed by atoms with Crippen LogP contribution in [0.1, 0.15) is 50.4 Å². The Morgan fingerprint density at radius 1 is 1.38 bits per heavy atom. The number of aryl methyl sites for hydroxylation is 2. The molecule has 1 aromatic rings. The van der Waals surface area contributed by atoms with Gasteiger partial charge in [0, 0.05) is 26.1 Å². The molecule has 2 N–H and O–H groups in total. The van der Waals surface area contributed by atoms with E-state index in [1.807, 2.05) is 18.7 Å². The second-order valence-electron chi connectivity index (χ2n) is 6.16. The molecule has 0 aliphatic heterocycles. The molecule has 0 amide bonds. The second kappa shape index (κ2) is 7.75. The summed E-state index contributed by atoms with van der Waals surface area (Å²) in [5, 5.41) is 4.45. The van der Waals surface area contributed by atoms with Gasteiger partial charge in [0.15, 0.2) is 0 Å². The van der Waals surface area contributed by atoms with Crippen molar-refractivity contribution in [2.75, 3.05) is 6.61 Å². The molecular formula is C16H28BrN3O. The van der Waals surface area contributed by atoms with Crippen molar-refractivity contribution < 1.29 is 4.74 Å². The summed E-state index contributed by atoms with van der Waals surface area (Å²) in [6.07, 6.45) is 7.46. The Morgan fingerprint density at radius 3 is 2.57 bits per heavy atom. The Kier molecular flexibility index (Phi) is 6.26. The fourth-order valence-electron chi connectivity index (χ4n) is 3.51. The van der Waals surface area contributed by atoms with Gasteiger partial charge in [0.2, 0.25) is 0 Å². The van der Waals surface area contributed by atoms with Gasteiger partial charge in [0.1, 0.15) is 0 Å². The lowest BCUT2D eigenvalue weighted by atomic mass is 9.81. The van der Waals surface area contributed by atoms with Crippen molar-refractivity contribution in [1.82, 2.24) is 9.78 Å². The summed E-state index contributed by atoms with van der Waals surface area (Å²) in [7, 11) is 1.98. The molecule has 2 unspecified atom stereocenters. The molecule has 4 nitrogen and oxygen atoms in total. The molecule has 5 heteroatoms. The molecule has 1 saturated carbocycles. The number of nitrogens with two attached hydrogens (primary N) is 1. The van der Waals surface area contributed by atoms with Gasteiger partial charge < -0.3 is 10.5 Å². The van der Waals surface area contributed by atoms with Gasteiger partial charge in [-0.1, -0.05) is 19.3 Å². The monoisotopic (exact) mass is 357 g/mol. The van der Waals surface area contributed by atoms with E-state index in [1.54, 1.807) is 0 Å². The first-order chi connectivity index (χ1) is 10.0. The van der Waals surface area contributed by atoms with Gasteiger partial charge >= 0.3 is 0 Å².